The van der Waals surface area contributed by atoms with Gasteiger partial charge in [0.2, 0.25) is 0 Å². The zero-order valence-corrected chi connectivity index (χ0v) is 19.4. The number of aryl methyl sites for hydroxylation is 1. The van der Waals surface area contributed by atoms with E-state index in [4.69, 9.17) is 4.74 Å². The molecule has 1 saturated carbocycles. The van der Waals surface area contributed by atoms with Gasteiger partial charge in [0.25, 0.3) is 11.5 Å². The maximum atomic E-state index is 13.4. The lowest BCUT2D eigenvalue weighted by Crippen LogP contribution is -2.48. The SMILES string of the molecule is COc1ccc(N2CCN(C(=O)c3c(C)sc4c(=O)n(C5CCCC5)cnc34)CC2)cc1. The highest BCUT2D eigenvalue weighted by Gasteiger charge is 2.28. The third-order valence-electron chi connectivity index (χ3n) is 6.74. The maximum Gasteiger partial charge on any atom is 0.271 e. The molecule has 32 heavy (non-hydrogen) atoms. The second-order valence-electron chi connectivity index (χ2n) is 8.58. The number of carbonyl (C=O) groups excluding carboxylic acids is 1. The number of hydrogen-bond donors (Lipinski definition) is 0. The molecule has 0 radical (unpaired) electrons. The first kappa shape index (κ1) is 21.0. The van der Waals surface area contributed by atoms with Gasteiger partial charge in [-0.1, -0.05) is 12.8 Å². The maximum absolute atomic E-state index is 13.4. The summed E-state index contributed by atoms with van der Waals surface area (Å²) in [5.74, 6) is 0.815. The molecule has 2 fully saturated rings. The van der Waals surface area contributed by atoms with Gasteiger partial charge in [-0.2, -0.15) is 0 Å². The van der Waals surface area contributed by atoms with E-state index in [9.17, 15) is 9.59 Å². The number of aromatic nitrogens is 2. The van der Waals surface area contributed by atoms with Gasteiger partial charge in [-0.3, -0.25) is 14.2 Å². The van der Waals surface area contributed by atoms with Crippen molar-refractivity contribution in [2.45, 2.75) is 38.6 Å². The van der Waals surface area contributed by atoms with Crippen LogP contribution in [0, 0.1) is 6.92 Å². The summed E-state index contributed by atoms with van der Waals surface area (Å²) in [5.41, 5.74) is 2.29. The van der Waals surface area contributed by atoms with Crippen LogP contribution < -0.4 is 15.2 Å². The minimum atomic E-state index is -0.0198. The molecule has 1 amide bonds. The van der Waals surface area contributed by atoms with Crippen molar-refractivity contribution in [2.24, 2.45) is 0 Å². The molecular weight excluding hydrogens is 424 g/mol. The van der Waals surface area contributed by atoms with E-state index in [1.807, 2.05) is 36.1 Å². The number of methoxy groups -OCH3 is 1. The Morgan fingerprint density at radius 3 is 2.44 bits per heavy atom. The second-order valence-corrected chi connectivity index (χ2v) is 9.81. The first-order chi connectivity index (χ1) is 15.6. The molecule has 1 saturated heterocycles. The number of thiophene rings is 1. The third-order valence-corrected chi connectivity index (χ3v) is 7.82. The highest BCUT2D eigenvalue weighted by molar-refractivity contribution is 7.19. The summed E-state index contributed by atoms with van der Waals surface area (Å²) >= 11 is 1.41. The van der Waals surface area contributed by atoms with E-state index in [0.29, 0.717) is 28.9 Å². The van der Waals surface area contributed by atoms with Gasteiger partial charge < -0.3 is 14.5 Å². The van der Waals surface area contributed by atoms with Crippen LogP contribution in [0.4, 0.5) is 5.69 Å². The van der Waals surface area contributed by atoms with E-state index < -0.39 is 0 Å². The average Bonchev–Trinajstić information content (AvgIpc) is 3.47. The van der Waals surface area contributed by atoms with Crippen molar-refractivity contribution in [3.8, 4) is 5.75 Å². The Morgan fingerprint density at radius 2 is 1.78 bits per heavy atom. The number of amides is 1. The molecule has 0 unspecified atom stereocenters. The normalized spacial score (nSPS) is 17.3. The van der Waals surface area contributed by atoms with Crippen LogP contribution >= 0.6 is 11.3 Å². The summed E-state index contributed by atoms with van der Waals surface area (Å²) < 4.78 is 7.63. The van der Waals surface area contributed by atoms with E-state index in [1.165, 1.54) is 11.3 Å². The van der Waals surface area contributed by atoms with Crippen molar-refractivity contribution in [1.82, 2.24) is 14.5 Å². The van der Waals surface area contributed by atoms with Crippen molar-refractivity contribution in [3.05, 3.63) is 51.4 Å². The molecule has 168 valence electrons. The molecule has 2 aliphatic rings. The van der Waals surface area contributed by atoms with E-state index in [2.05, 4.69) is 9.88 Å². The van der Waals surface area contributed by atoms with Crippen molar-refractivity contribution in [1.29, 1.82) is 0 Å². The minimum absolute atomic E-state index is 0.00150. The molecule has 0 atom stereocenters. The lowest BCUT2D eigenvalue weighted by atomic mass is 10.1. The molecule has 1 aliphatic heterocycles. The topological polar surface area (TPSA) is 67.7 Å². The molecule has 2 aromatic heterocycles. The molecule has 3 heterocycles. The highest BCUT2D eigenvalue weighted by atomic mass is 32.1. The highest BCUT2D eigenvalue weighted by Crippen LogP contribution is 2.32. The van der Waals surface area contributed by atoms with Gasteiger partial charge in [-0.05, 0) is 44.0 Å². The third kappa shape index (κ3) is 3.66. The van der Waals surface area contributed by atoms with Gasteiger partial charge in [0.15, 0.2) is 0 Å². The lowest BCUT2D eigenvalue weighted by Gasteiger charge is -2.36. The zero-order valence-electron chi connectivity index (χ0n) is 18.5. The predicted molar refractivity (Wildman–Crippen MR) is 127 cm³/mol. The number of hydrogen-bond acceptors (Lipinski definition) is 6. The van der Waals surface area contributed by atoms with Crippen LogP contribution in [0.3, 0.4) is 0 Å². The van der Waals surface area contributed by atoms with Gasteiger partial charge >= 0.3 is 0 Å². The number of fused-ring (bicyclic) bond motifs is 1. The Hall–Kier alpha value is -2.87. The van der Waals surface area contributed by atoms with Gasteiger partial charge in [-0.25, -0.2) is 4.98 Å². The molecule has 8 heteroatoms. The first-order valence-electron chi connectivity index (χ1n) is 11.3. The van der Waals surface area contributed by atoms with Crippen LogP contribution in [0.5, 0.6) is 5.75 Å². The molecule has 5 rings (SSSR count). The van der Waals surface area contributed by atoms with Gasteiger partial charge in [0.05, 0.1) is 19.0 Å². The van der Waals surface area contributed by atoms with Crippen molar-refractivity contribution >= 4 is 33.1 Å². The van der Waals surface area contributed by atoms with Crippen LogP contribution in [-0.4, -0.2) is 53.6 Å². The summed E-state index contributed by atoms with van der Waals surface area (Å²) in [6, 6.07) is 8.25. The number of benzene rings is 1. The molecule has 0 bridgehead atoms. The van der Waals surface area contributed by atoms with Crippen LogP contribution in [0.25, 0.3) is 10.2 Å². The molecule has 1 aromatic carbocycles. The standard InChI is InChI=1S/C24H28N4O3S/c1-16-20(21-22(32-16)24(30)28(15-25-21)18-5-3-4-6-18)23(29)27-13-11-26(12-14-27)17-7-9-19(31-2)10-8-17/h7-10,15,18H,3-6,11-14H2,1-2H3. The average molecular weight is 453 g/mol. The van der Waals surface area contributed by atoms with E-state index in [1.54, 1.807) is 18.0 Å². The minimum Gasteiger partial charge on any atom is -0.497 e. The Kier molecular flexibility index (Phi) is 5.63. The fourth-order valence-electron chi connectivity index (χ4n) is 4.90. The van der Waals surface area contributed by atoms with Crippen LogP contribution in [0.15, 0.2) is 35.4 Å². The summed E-state index contributed by atoms with van der Waals surface area (Å²) in [6.45, 7) is 4.73. The van der Waals surface area contributed by atoms with Crippen molar-refractivity contribution < 1.29 is 9.53 Å². The number of piperazine rings is 1. The molecular formula is C24H28N4O3S. The Labute approximate surface area is 191 Å². The largest absolute Gasteiger partial charge is 0.497 e. The van der Waals surface area contributed by atoms with Gasteiger partial charge in [0, 0.05) is 42.8 Å². The fraction of sp³-hybridized carbons (Fsp3) is 0.458. The molecule has 0 spiro atoms. The van der Waals surface area contributed by atoms with Gasteiger partial charge in [0.1, 0.15) is 16.0 Å². The number of anilines is 1. The molecule has 3 aromatic rings. The van der Waals surface area contributed by atoms with Crippen molar-refractivity contribution in [2.75, 3.05) is 38.2 Å². The van der Waals surface area contributed by atoms with E-state index in [0.717, 1.165) is 55.1 Å². The Balaban J connectivity index is 1.35. The number of rotatable bonds is 4. The summed E-state index contributed by atoms with van der Waals surface area (Å²) in [7, 11) is 1.66. The molecule has 0 N–H and O–H groups in total. The lowest BCUT2D eigenvalue weighted by molar-refractivity contribution is 0.0748. The second kappa shape index (κ2) is 8.58. The van der Waals surface area contributed by atoms with Crippen LogP contribution in [-0.2, 0) is 0 Å². The Morgan fingerprint density at radius 1 is 1.09 bits per heavy atom. The Bertz CT molecular complexity index is 1190. The quantitative estimate of drug-likeness (QED) is 0.602. The fourth-order valence-corrected chi connectivity index (χ4v) is 5.94. The number of carbonyl (C=O) groups is 1. The molecule has 7 nitrogen and oxygen atoms in total. The van der Waals surface area contributed by atoms with E-state index in [-0.39, 0.29) is 17.5 Å². The zero-order chi connectivity index (χ0) is 22.2. The van der Waals surface area contributed by atoms with Crippen molar-refractivity contribution in [3.63, 3.8) is 0 Å². The summed E-state index contributed by atoms with van der Waals surface area (Å²) in [4.78, 5) is 36.2. The number of nitrogens with zero attached hydrogens (tertiary/aromatic N) is 4. The molecule has 1 aliphatic carbocycles. The smallest absolute Gasteiger partial charge is 0.271 e. The summed E-state index contributed by atoms with van der Waals surface area (Å²) in [6.07, 6.45) is 6.03. The van der Waals surface area contributed by atoms with Crippen LogP contribution in [0.2, 0.25) is 0 Å². The monoisotopic (exact) mass is 452 g/mol. The van der Waals surface area contributed by atoms with Gasteiger partial charge in [-0.15, -0.1) is 11.3 Å². The summed E-state index contributed by atoms with van der Waals surface area (Å²) in [5, 5.41) is 0. The van der Waals surface area contributed by atoms with Crippen LogP contribution in [0.1, 0.15) is 47.0 Å². The van der Waals surface area contributed by atoms with E-state index >= 15 is 0 Å². The predicted octanol–water partition coefficient (Wildman–Crippen LogP) is 3.85. The number of ether oxygens (including phenoxy) is 1. The first-order valence-corrected chi connectivity index (χ1v) is 12.1.